The molecule has 3 nitrogen and oxygen atoms in total. The molecular formula is C16H23ClN2O. The van der Waals surface area contributed by atoms with Gasteiger partial charge in [0.1, 0.15) is 0 Å². The first-order valence-corrected chi connectivity index (χ1v) is 7.35. The van der Waals surface area contributed by atoms with Gasteiger partial charge in [-0.1, -0.05) is 30.7 Å². The normalized spacial score (nSPS) is 25.6. The number of halogens is 1. The van der Waals surface area contributed by atoms with Gasteiger partial charge in [-0.3, -0.25) is 4.79 Å². The fourth-order valence-electron chi connectivity index (χ4n) is 3.45. The van der Waals surface area contributed by atoms with Crippen molar-refractivity contribution in [3.63, 3.8) is 0 Å². The van der Waals surface area contributed by atoms with Crippen molar-refractivity contribution >= 4 is 18.3 Å². The van der Waals surface area contributed by atoms with Crippen molar-refractivity contribution in [1.82, 2.24) is 5.32 Å². The van der Waals surface area contributed by atoms with E-state index in [4.69, 9.17) is 5.73 Å². The second-order valence-corrected chi connectivity index (χ2v) is 6.01. The van der Waals surface area contributed by atoms with Crippen LogP contribution in [0, 0.1) is 5.92 Å². The Labute approximate surface area is 126 Å². The van der Waals surface area contributed by atoms with Gasteiger partial charge in [0, 0.05) is 18.0 Å². The highest BCUT2D eigenvalue weighted by Gasteiger charge is 2.28. The van der Waals surface area contributed by atoms with Crippen molar-refractivity contribution in [1.29, 1.82) is 0 Å². The molecule has 3 N–H and O–H groups in total. The van der Waals surface area contributed by atoms with E-state index in [0.717, 1.165) is 38.5 Å². The van der Waals surface area contributed by atoms with Crippen LogP contribution in [-0.4, -0.2) is 18.0 Å². The largest absolute Gasteiger partial charge is 0.352 e. The zero-order valence-corrected chi connectivity index (χ0v) is 12.5. The first-order valence-electron chi connectivity index (χ1n) is 7.35. The second kappa shape index (κ2) is 6.59. The van der Waals surface area contributed by atoms with Gasteiger partial charge in [0.2, 0.25) is 5.91 Å². The lowest BCUT2D eigenvalue weighted by molar-refractivity contribution is -0.126. The number of carbonyl (C=O) groups is 1. The van der Waals surface area contributed by atoms with E-state index in [9.17, 15) is 4.79 Å². The molecule has 110 valence electrons. The topological polar surface area (TPSA) is 55.1 Å². The number of carbonyl (C=O) groups excluding carboxylic acids is 1. The summed E-state index contributed by atoms with van der Waals surface area (Å²) >= 11 is 0. The number of hydrogen-bond donors (Lipinski definition) is 2. The summed E-state index contributed by atoms with van der Waals surface area (Å²) in [6, 6.07) is 8.97. The molecule has 2 aliphatic rings. The quantitative estimate of drug-likeness (QED) is 0.879. The van der Waals surface area contributed by atoms with E-state index >= 15 is 0 Å². The summed E-state index contributed by atoms with van der Waals surface area (Å²) in [5.74, 6) is 0.348. The van der Waals surface area contributed by atoms with Gasteiger partial charge in [0.25, 0.3) is 0 Å². The Kier molecular flexibility index (Phi) is 5.06. The van der Waals surface area contributed by atoms with Gasteiger partial charge in [-0.15, -0.1) is 12.4 Å². The monoisotopic (exact) mass is 294 g/mol. The molecule has 0 bridgehead atoms. The van der Waals surface area contributed by atoms with E-state index in [1.807, 2.05) is 0 Å². The van der Waals surface area contributed by atoms with E-state index in [2.05, 4.69) is 29.6 Å². The van der Waals surface area contributed by atoms with Gasteiger partial charge in [0.05, 0.1) is 0 Å². The maximum absolute atomic E-state index is 12.3. The van der Waals surface area contributed by atoms with Crippen LogP contribution in [0.5, 0.6) is 0 Å². The minimum atomic E-state index is 0. The molecule has 0 heterocycles. The van der Waals surface area contributed by atoms with Crippen molar-refractivity contribution in [2.75, 3.05) is 0 Å². The summed E-state index contributed by atoms with van der Waals surface area (Å²) in [5, 5.41) is 3.22. The third-order valence-electron chi connectivity index (χ3n) is 4.48. The Morgan fingerprint density at radius 2 is 1.80 bits per heavy atom. The highest BCUT2D eigenvalue weighted by Crippen LogP contribution is 2.25. The molecule has 1 fully saturated rings. The lowest BCUT2D eigenvalue weighted by atomic mass is 9.85. The number of rotatable bonds is 2. The van der Waals surface area contributed by atoms with Crippen LogP contribution in [0.2, 0.25) is 0 Å². The summed E-state index contributed by atoms with van der Waals surface area (Å²) in [5.41, 5.74) is 8.73. The molecule has 2 atom stereocenters. The SMILES string of the molecule is Cl.NC1CCCC(C(=O)NC2Cc3ccccc3C2)C1. The Bertz CT molecular complexity index is 452. The van der Waals surface area contributed by atoms with Crippen LogP contribution in [0.15, 0.2) is 24.3 Å². The molecule has 0 aromatic heterocycles. The highest BCUT2D eigenvalue weighted by molar-refractivity contribution is 5.85. The molecule has 0 saturated heterocycles. The molecule has 1 saturated carbocycles. The van der Waals surface area contributed by atoms with Crippen molar-refractivity contribution in [2.24, 2.45) is 11.7 Å². The zero-order valence-electron chi connectivity index (χ0n) is 11.7. The first kappa shape index (κ1) is 15.3. The van der Waals surface area contributed by atoms with Crippen LogP contribution < -0.4 is 11.1 Å². The molecule has 3 rings (SSSR count). The van der Waals surface area contributed by atoms with Crippen LogP contribution in [-0.2, 0) is 17.6 Å². The van der Waals surface area contributed by atoms with Crippen LogP contribution in [0.3, 0.4) is 0 Å². The smallest absolute Gasteiger partial charge is 0.223 e. The van der Waals surface area contributed by atoms with Gasteiger partial charge in [-0.25, -0.2) is 0 Å². The lowest BCUT2D eigenvalue weighted by Gasteiger charge is -2.26. The summed E-state index contributed by atoms with van der Waals surface area (Å²) in [4.78, 5) is 12.3. The van der Waals surface area contributed by atoms with E-state index in [1.165, 1.54) is 11.1 Å². The standard InChI is InChI=1S/C16H22N2O.ClH/c17-14-7-3-6-13(8-14)16(19)18-15-9-11-4-1-2-5-12(11)10-15;/h1-2,4-5,13-15H,3,6-10,17H2,(H,18,19);1H. The van der Waals surface area contributed by atoms with Crippen molar-refractivity contribution in [2.45, 2.75) is 50.6 Å². The molecule has 20 heavy (non-hydrogen) atoms. The highest BCUT2D eigenvalue weighted by atomic mass is 35.5. The Morgan fingerprint density at radius 1 is 1.15 bits per heavy atom. The minimum Gasteiger partial charge on any atom is -0.352 e. The number of benzene rings is 1. The molecule has 0 aliphatic heterocycles. The van der Waals surface area contributed by atoms with Gasteiger partial charge in [-0.05, 0) is 43.2 Å². The fourth-order valence-corrected chi connectivity index (χ4v) is 3.45. The molecule has 2 aliphatic carbocycles. The molecule has 0 radical (unpaired) electrons. The number of hydrogen-bond acceptors (Lipinski definition) is 2. The second-order valence-electron chi connectivity index (χ2n) is 6.01. The Balaban J connectivity index is 0.00000147. The number of amides is 1. The molecule has 1 aromatic rings. The number of fused-ring (bicyclic) bond motifs is 1. The Hall–Kier alpha value is -1.06. The summed E-state index contributed by atoms with van der Waals surface area (Å²) in [7, 11) is 0. The van der Waals surface area contributed by atoms with Crippen LogP contribution >= 0.6 is 12.4 Å². The van der Waals surface area contributed by atoms with Crippen molar-refractivity contribution < 1.29 is 4.79 Å². The number of nitrogens with two attached hydrogens (primary N) is 1. The van der Waals surface area contributed by atoms with Crippen LogP contribution in [0.1, 0.15) is 36.8 Å². The maximum atomic E-state index is 12.3. The molecule has 1 amide bonds. The van der Waals surface area contributed by atoms with E-state index in [0.29, 0.717) is 0 Å². The molecule has 0 spiro atoms. The molecular weight excluding hydrogens is 272 g/mol. The lowest BCUT2D eigenvalue weighted by Crippen LogP contribution is -2.42. The Morgan fingerprint density at radius 3 is 2.40 bits per heavy atom. The van der Waals surface area contributed by atoms with E-state index in [1.54, 1.807) is 0 Å². The zero-order chi connectivity index (χ0) is 13.2. The van der Waals surface area contributed by atoms with E-state index in [-0.39, 0.29) is 36.3 Å². The van der Waals surface area contributed by atoms with Crippen LogP contribution in [0.4, 0.5) is 0 Å². The van der Waals surface area contributed by atoms with E-state index < -0.39 is 0 Å². The van der Waals surface area contributed by atoms with Gasteiger partial charge in [-0.2, -0.15) is 0 Å². The third-order valence-corrected chi connectivity index (χ3v) is 4.48. The third kappa shape index (κ3) is 3.33. The molecule has 1 aromatic carbocycles. The fraction of sp³-hybridized carbons (Fsp3) is 0.562. The maximum Gasteiger partial charge on any atom is 0.223 e. The van der Waals surface area contributed by atoms with Gasteiger partial charge >= 0.3 is 0 Å². The minimum absolute atomic E-state index is 0. The van der Waals surface area contributed by atoms with Gasteiger partial charge < -0.3 is 11.1 Å². The van der Waals surface area contributed by atoms with Crippen LogP contribution in [0.25, 0.3) is 0 Å². The molecule has 2 unspecified atom stereocenters. The average Bonchev–Trinajstić information content (AvgIpc) is 2.80. The summed E-state index contributed by atoms with van der Waals surface area (Å²) in [6.45, 7) is 0. The van der Waals surface area contributed by atoms with Gasteiger partial charge in [0.15, 0.2) is 0 Å². The predicted molar refractivity (Wildman–Crippen MR) is 83.0 cm³/mol. The summed E-state index contributed by atoms with van der Waals surface area (Å²) < 4.78 is 0. The number of nitrogens with one attached hydrogen (secondary N) is 1. The summed E-state index contributed by atoms with van der Waals surface area (Å²) in [6.07, 6.45) is 5.95. The molecule has 4 heteroatoms. The van der Waals surface area contributed by atoms with Crippen molar-refractivity contribution in [3.8, 4) is 0 Å². The van der Waals surface area contributed by atoms with Crippen molar-refractivity contribution in [3.05, 3.63) is 35.4 Å². The average molecular weight is 295 g/mol. The first-order chi connectivity index (χ1) is 9.22. The predicted octanol–water partition coefficient (Wildman–Crippen LogP) is 2.21.